The Labute approximate surface area is 357 Å². The Balaban J connectivity index is 1.12. The second-order valence-corrected chi connectivity index (χ2v) is 16.8. The van der Waals surface area contributed by atoms with E-state index in [2.05, 4.69) is 205 Å². The molecule has 2 aromatic heterocycles. The molecule has 0 aliphatic heterocycles. The summed E-state index contributed by atoms with van der Waals surface area (Å²) in [5.41, 5.74) is 17.0. The highest BCUT2D eigenvalue weighted by molar-refractivity contribution is 6.23. The molecule has 286 valence electrons. The van der Waals surface area contributed by atoms with Gasteiger partial charge in [0.25, 0.3) is 0 Å². The maximum Gasteiger partial charge on any atom is 0.0937 e. The minimum atomic E-state index is -0.704. The molecular weight excluding hydrogens is 751 g/mol. The van der Waals surface area contributed by atoms with Gasteiger partial charge in [-0.05, 0) is 119 Å². The Bertz CT molecular complexity index is 3810. The second kappa shape index (κ2) is 12.4. The molecule has 62 heavy (non-hydrogen) atoms. The Kier molecular flexibility index (Phi) is 6.76. The molecule has 2 aliphatic carbocycles. The van der Waals surface area contributed by atoms with Crippen LogP contribution in [0.4, 0.5) is 0 Å². The van der Waals surface area contributed by atoms with Gasteiger partial charge in [-0.2, -0.15) is 0 Å². The first-order valence-electron chi connectivity index (χ1n) is 21.4. The predicted molar refractivity (Wildman–Crippen MR) is 256 cm³/mol. The monoisotopic (exact) mass is 785 g/mol. The largest absolute Gasteiger partial charge is 0.309 e. The van der Waals surface area contributed by atoms with Crippen molar-refractivity contribution in [2.45, 2.75) is 5.41 Å². The summed E-state index contributed by atoms with van der Waals surface area (Å²) in [6.45, 7) is 0. The summed E-state index contributed by atoms with van der Waals surface area (Å²) in [7, 11) is 0. The lowest BCUT2D eigenvalue weighted by molar-refractivity contribution is 0.757. The average molecular weight is 786 g/mol. The summed E-state index contributed by atoms with van der Waals surface area (Å²) in [6.07, 6.45) is 3.73. The minimum absolute atomic E-state index is 0.704. The molecule has 0 saturated carbocycles. The van der Waals surface area contributed by atoms with Gasteiger partial charge < -0.3 is 4.57 Å². The van der Waals surface area contributed by atoms with Crippen LogP contribution in [0.5, 0.6) is 0 Å². The van der Waals surface area contributed by atoms with Crippen LogP contribution in [-0.2, 0) is 5.41 Å². The molecule has 0 radical (unpaired) electrons. The standard InChI is InChI=1S/C59H35N3/c1-3-16-37(17-4-1)54-42-22-9-11-24-44(42)55(45-25-12-10-23-43(45)54)38-27-29-46-50(33-38)59(58-57(46)60-31-32-61-58)49-26-14-13-21-41(49)47-34-48-53(35-51(47)59)62(39-18-5-2-6-19-39)52-30-28-36-15-7-8-20-40(36)56(48)52/h1-35H. The lowest BCUT2D eigenvalue weighted by Gasteiger charge is -2.29. The second-order valence-electron chi connectivity index (χ2n) is 16.8. The van der Waals surface area contributed by atoms with E-state index in [4.69, 9.17) is 9.97 Å². The van der Waals surface area contributed by atoms with Gasteiger partial charge in [-0.15, -0.1) is 0 Å². The van der Waals surface area contributed by atoms with Crippen LogP contribution >= 0.6 is 0 Å². The molecule has 1 spiro atoms. The molecule has 0 fully saturated rings. The zero-order chi connectivity index (χ0) is 40.5. The topological polar surface area (TPSA) is 30.7 Å². The van der Waals surface area contributed by atoms with E-state index in [-0.39, 0.29) is 0 Å². The number of hydrogen-bond donors (Lipinski definition) is 0. The lowest BCUT2D eigenvalue weighted by Crippen LogP contribution is -2.27. The quantitative estimate of drug-likeness (QED) is 0.167. The van der Waals surface area contributed by atoms with Gasteiger partial charge >= 0.3 is 0 Å². The molecule has 10 aromatic carbocycles. The number of fused-ring (bicyclic) bond motifs is 17. The molecule has 2 heterocycles. The van der Waals surface area contributed by atoms with E-state index in [9.17, 15) is 0 Å². The van der Waals surface area contributed by atoms with Crippen LogP contribution in [0.2, 0.25) is 0 Å². The van der Waals surface area contributed by atoms with Gasteiger partial charge in [0.15, 0.2) is 0 Å². The summed E-state index contributed by atoms with van der Waals surface area (Å²) < 4.78 is 2.46. The summed E-state index contributed by atoms with van der Waals surface area (Å²) in [5, 5.41) is 9.98. The molecule has 14 rings (SSSR count). The number of para-hydroxylation sites is 1. The van der Waals surface area contributed by atoms with Crippen molar-refractivity contribution >= 4 is 54.1 Å². The fourth-order valence-electron chi connectivity index (χ4n) is 11.5. The van der Waals surface area contributed by atoms with Crippen molar-refractivity contribution in [2.24, 2.45) is 0 Å². The molecule has 0 bridgehead atoms. The molecule has 0 N–H and O–H groups in total. The van der Waals surface area contributed by atoms with E-state index in [1.165, 1.54) is 104 Å². The Morgan fingerprint density at radius 1 is 0.371 bits per heavy atom. The fraction of sp³-hybridized carbons (Fsp3) is 0.0169. The maximum absolute atomic E-state index is 5.33. The van der Waals surface area contributed by atoms with E-state index >= 15 is 0 Å². The first kappa shape index (κ1) is 33.7. The van der Waals surface area contributed by atoms with E-state index in [0.717, 1.165) is 22.6 Å². The van der Waals surface area contributed by atoms with Crippen molar-refractivity contribution in [1.82, 2.24) is 14.5 Å². The van der Waals surface area contributed by atoms with E-state index in [1.807, 2.05) is 12.4 Å². The van der Waals surface area contributed by atoms with Crippen LogP contribution in [0.25, 0.3) is 104 Å². The van der Waals surface area contributed by atoms with Gasteiger partial charge in [0, 0.05) is 34.4 Å². The predicted octanol–water partition coefficient (Wildman–Crippen LogP) is 14.7. The Morgan fingerprint density at radius 2 is 0.984 bits per heavy atom. The molecular formula is C59H35N3. The van der Waals surface area contributed by atoms with E-state index in [1.54, 1.807) is 0 Å². The van der Waals surface area contributed by atoms with Crippen LogP contribution in [0.15, 0.2) is 213 Å². The van der Waals surface area contributed by atoms with Crippen LogP contribution in [0.3, 0.4) is 0 Å². The molecule has 12 aromatic rings. The molecule has 0 saturated heterocycles. The third-order valence-electron chi connectivity index (χ3n) is 13.8. The highest BCUT2D eigenvalue weighted by Gasteiger charge is 2.54. The van der Waals surface area contributed by atoms with Gasteiger partial charge in [0.1, 0.15) is 0 Å². The van der Waals surface area contributed by atoms with Gasteiger partial charge in [0.05, 0.1) is 27.8 Å². The highest BCUT2D eigenvalue weighted by atomic mass is 15.0. The van der Waals surface area contributed by atoms with Crippen LogP contribution in [0, 0.1) is 0 Å². The number of hydrogen-bond acceptors (Lipinski definition) is 2. The molecule has 0 amide bonds. The van der Waals surface area contributed by atoms with Crippen molar-refractivity contribution in [3.8, 4) is 50.3 Å². The summed E-state index contributed by atoms with van der Waals surface area (Å²) >= 11 is 0. The van der Waals surface area contributed by atoms with Crippen molar-refractivity contribution in [3.05, 3.63) is 235 Å². The smallest absolute Gasteiger partial charge is 0.0937 e. The van der Waals surface area contributed by atoms with Gasteiger partial charge in [0.2, 0.25) is 0 Å². The average Bonchev–Trinajstić information content (AvgIpc) is 3.94. The normalized spacial score (nSPS) is 14.8. The zero-order valence-corrected chi connectivity index (χ0v) is 33.5. The van der Waals surface area contributed by atoms with E-state index in [0.29, 0.717) is 0 Å². The number of nitrogens with zero attached hydrogens (tertiary/aromatic N) is 3. The SMILES string of the molecule is c1ccc(-c2c3ccccc3c(-c3ccc4c(c3)C3(c5ccccc5-c5cc6c7c8ccccc8ccc7n(-c7ccccc7)c6cc53)c3nccnc3-4)c3ccccc23)cc1. The fourth-order valence-corrected chi connectivity index (χ4v) is 11.5. The number of rotatable bonds is 3. The summed E-state index contributed by atoms with van der Waals surface area (Å²) in [4.78, 5) is 10.5. The van der Waals surface area contributed by atoms with Gasteiger partial charge in [-0.3, -0.25) is 9.97 Å². The third-order valence-corrected chi connectivity index (χ3v) is 13.8. The van der Waals surface area contributed by atoms with Crippen molar-refractivity contribution in [3.63, 3.8) is 0 Å². The minimum Gasteiger partial charge on any atom is -0.309 e. The molecule has 1 atom stereocenters. The van der Waals surface area contributed by atoms with Gasteiger partial charge in [-0.1, -0.05) is 164 Å². The Morgan fingerprint density at radius 3 is 1.74 bits per heavy atom. The van der Waals surface area contributed by atoms with Crippen molar-refractivity contribution in [1.29, 1.82) is 0 Å². The first-order chi connectivity index (χ1) is 30.8. The summed E-state index contributed by atoms with van der Waals surface area (Å²) in [5.74, 6) is 0. The van der Waals surface area contributed by atoms with Gasteiger partial charge in [-0.25, -0.2) is 0 Å². The molecule has 3 nitrogen and oxygen atoms in total. The summed E-state index contributed by atoms with van der Waals surface area (Å²) in [6, 6.07) is 74.0. The van der Waals surface area contributed by atoms with E-state index < -0.39 is 5.41 Å². The highest BCUT2D eigenvalue weighted by Crippen LogP contribution is 2.63. The first-order valence-corrected chi connectivity index (χ1v) is 21.4. The van der Waals surface area contributed by atoms with Crippen molar-refractivity contribution < 1.29 is 0 Å². The number of benzene rings is 10. The molecule has 2 aliphatic rings. The van der Waals surface area contributed by atoms with Crippen LogP contribution < -0.4 is 0 Å². The van der Waals surface area contributed by atoms with Crippen LogP contribution in [0.1, 0.15) is 22.4 Å². The maximum atomic E-state index is 5.33. The zero-order valence-electron chi connectivity index (χ0n) is 33.5. The third kappa shape index (κ3) is 4.29. The van der Waals surface area contributed by atoms with Crippen LogP contribution in [-0.4, -0.2) is 14.5 Å². The lowest BCUT2D eigenvalue weighted by atomic mass is 9.72. The molecule has 3 heteroatoms. The Hall–Kier alpha value is -8.14. The number of aromatic nitrogens is 3. The van der Waals surface area contributed by atoms with Crippen molar-refractivity contribution in [2.75, 3.05) is 0 Å². The molecule has 1 unspecified atom stereocenters.